The standard InChI is InChI=1S/C41H58F2N8O7/c1-40(2,3)57-38(54)45-19-10-8-9-11-21-49(7)37(53)27-14-16-29(17-15-27)51-24-30(33(48-51)34(42)43)46-35(52)31-25-56-36(47-31)28-18-20-44-32(22-28)50(23-26-12-13-26)39(55)58-41(4,5)6/h18,20,22,24-27,29,34H,8-17,19,21,23H2,1-7H3,(H,45,54)(H,46,52)/t27-,29-. The van der Waals surface area contributed by atoms with Gasteiger partial charge in [-0.1, -0.05) is 12.8 Å². The second-order valence-corrected chi connectivity index (χ2v) is 17.2. The Morgan fingerprint density at radius 3 is 2.31 bits per heavy atom. The summed E-state index contributed by atoms with van der Waals surface area (Å²) in [5.74, 6) is -0.0808. The molecule has 15 nitrogen and oxygen atoms in total. The zero-order valence-electron chi connectivity index (χ0n) is 34.7. The Kier molecular flexibility index (Phi) is 14.5. The Bertz CT molecular complexity index is 1870. The molecule has 58 heavy (non-hydrogen) atoms. The molecule has 3 heterocycles. The number of aromatic nitrogens is 4. The van der Waals surface area contributed by atoms with Gasteiger partial charge in [-0.15, -0.1) is 0 Å². The first-order valence-corrected chi connectivity index (χ1v) is 20.2. The van der Waals surface area contributed by atoms with Crippen molar-refractivity contribution < 1.29 is 41.8 Å². The van der Waals surface area contributed by atoms with Gasteiger partial charge in [0.2, 0.25) is 11.8 Å². The van der Waals surface area contributed by atoms with Crippen molar-refractivity contribution in [1.29, 1.82) is 0 Å². The summed E-state index contributed by atoms with van der Waals surface area (Å²) in [5.41, 5.74) is -1.62. The van der Waals surface area contributed by atoms with E-state index in [-0.39, 0.29) is 35.1 Å². The first kappa shape index (κ1) is 44.0. The number of alkyl halides is 2. The van der Waals surface area contributed by atoms with Crippen LogP contribution in [0.25, 0.3) is 11.5 Å². The van der Waals surface area contributed by atoms with Gasteiger partial charge in [0.1, 0.15) is 23.3 Å². The minimum absolute atomic E-state index is 0.0697. The van der Waals surface area contributed by atoms with Crippen LogP contribution >= 0.6 is 0 Å². The smallest absolute Gasteiger partial charge is 0.416 e. The van der Waals surface area contributed by atoms with Crippen molar-refractivity contribution in [1.82, 2.24) is 30.0 Å². The number of halogens is 2. The number of rotatable bonds is 16. The lowest BCUT2D eigenvalue weighted by Gasteiger charge is -2.30. The molecule has 0 aromatic carbocycles. The van der Waals surface area contributed by atoms with E-state index in [4.69, 9.17) is 13.9 Å². The van der Waals surface area contributed by atoms with Crippen LogP contribution in [-0.2, 0) is 14.3 Å². The summed E-state index contributed by atoms with van der Waals surface area (Å²) >= 11 is 0. The molecule has 3 aromatic rings. The zero-order chi connectivity index (χ0) is 42.2. The highest BCUT2D eigenvalue weighted by atomic mass is 19.3. The molecule has 0 bridgehead atoms. The number of amides is 4. The van der Waals surface area contributed by atoms with Crippen molar-refractivity contribution in [2.45, 2.75) is 129 Å². The fraction of sp³-hybridized carbons (Fsp3) is 0.634. The van der Waals surface area contributed by atoms with E-state index >= 15 is 0 Å². The van der Waals surface area contributed by atoms with E-state index in [0.29, 0.717) is 62.6 Å². The molecule has 0 unspecified atom stereocenters. The molecule has 0 atom stereocenters. The minimum Gasteiger partial charge on any atom is -0.444 e. The van der Waals surface area contributed by atoms with Crippen LogP contribution in [0.4, 0.5) is 29.9 Å². The van der Waals surface area contributed by atoms with Gasteiger partial charge in [-0.25, -0.2) is 28.3 Å². The van der Waals surface area contributed by atoms with Crippen molar-refractivity contribution in [3.8, 4) is 11.5 Å². The van der Waals surface area contributed by atoms with Gasteiger partial charge < -0.3 is 29.4 Å². The van der Waals surface area contributed by atoms with Crippen molar-refractivity contribution in [3.63, 3.8) is 0 Å². The van der Waals surface area contributed by atoms with Crippen molar-refractivity contribution in [2.75, 3.05) is 36.9 Å². The van der Waals surface area contributed by atoms with E-state index in [0.717, 1.165) is 44.8 Å². The number of hydrogen-bond donors (Lipinski definition) is 2. The highest BCUT2D eigenvalue weighted by molar-refractivity contribution is 6.03. The third kappa shape index (κ3) is 13.0. The predicted molar refractivity (Wildman–Crippen MR) is 213 cm³/mol. The molecule has 4 amide bonds. The summed E-state index contributed by atoms with van der Waals surface area (Å²) < 4.78 is 46.3. The van der Waals surface area contributed by atoms with Gasteiger partial charge in [0.25, 0.3) is 12.3 Å². The lowest BCUT2D eigenvalue weighted by Crippen LogP contribution is -2.38. The molecule has 318 valence electrons. The van der Waals surface area contributed by atoms with Crippen LogP contribution in [0.1, 0.15) is 134 Å². The average Bonchev–Trinajstić information content (AvgIpc) is 3.65. The Balaban J connectivity index is 1.11. The number of carbonyl (C=O) groups excluding carboxylic acids is 4. The van der Waals surface area contributed by atoms with Crippen molar-refractivity contribution in [2.24, 2.45) is 11.8 Å². The third-order valence-electron chi connectivity index (χ3n) is 9.86. The molecule has 0 spiro atoms. The van der Waals surface area contributed by atoms with Gasteiger partial charge in [0, 0.05) is 50.6 Å². The molecule has 5 rings (SSSR count). The third-order valence-corrected chi connectivity index (χ3v) is 9.86. The van der Waals surface area contributed by atoms with Gasteiger partial charge in [-0.05, 0) is 111 Å². The lowest BCUT2D eigenvalue weighted by atomic mass is 9.85. The zero-order valence-corrected chi connectivity index (χ0v) is 34.7. The molecule has 2 saturated carbocycles. The highest BCUT2D eigenvalue weighted by Gasteiger charge is 2.33. The first-order valence-electron chi connectivity index (χ1n) is 20.2. The largest absolute Gasteiger partial charge is 0.444 e. The summed E-state index contributed by atoms with van der Waals surface area (Å²) in [6.07, 6.45) is 7.97. The lowest BCUT2D eigenvalue weighted by molar-refractivity contribution is -0.135. The summed E-state index contributed by atoms with van der Waals surface area (Å²) in [6.45, 7) is 12.4. The number of anilines is 2. The van der Waals surface area contributed by atoms with Crippen LogP contribution in [0.5, 0.6) is 0 Å². The van der Waals surface area contributed by atoms with Gasteiger partial charge >= 0.3 is 12.2 Å². The minimum atomic E-state index is -2.95. The van der Waals surface area contributed by atoms with E-state index < -0.39 is 41.4 Å². The number of ether oxygens (including phenoxy) is 2. The highest BCUT2D eigenvalue weighted by Crippen LogP contribution is 2.36. The maximum absolute atomic E-state index is 14.2. The quantitative estimate of drug-likeness (QED) is 0.133. The summed E-state index contributed by atoms with van der Waals surface area (Å²) in [7, 11) is 1.80. The van der Waals surface area contributed by atoms with Crippen LogP contribution in [-0.4, -0.2) is 86.5 Å². The van der Waals surface area contributed by atoms with Crippen molar-refractivity contribution >= 4 is 35.5 Å². The maximum Gasteiger partial charge on any atom is 0.416 e. The SMILES string of the molecule is CN(CCCCCCNC(=O)OC(C)(C)C)C(=O)[C@H]1CC[C@H](n2cc(NC(=O)c3coc(-c4ccnc(N(CC5CC5)C(=O)OC(C)(C)C)c4)n3)c(C(F)F)n2)CC1. The first-order chi connectivity index (χ1) is 27.4. The number of carbonyl (C=O) groups is 4. The Morgan fingerprint density at radius 1 is 0.966 bits per heavy atom. The number of alkyl carbamates (subject to hydrolysis) is 1. The van der Waals surface area contributed by atoms with E-state index in [1.165, 1.54) is 22.0 Å². The second-order valence-electron chi connectivity index (χ2n) is 17.2. The second kappa shape index (κ2) is 19.1. The predicted octanol–water partition coefficient (Wildman–Crippen LogP) is 8.55. The van der Waals surface area contributed by atoms with E-state index in [1.54, 1.807) is 44.9 Å². The molecule has 2 aliphatic rings. The number of oxazole rings is 1. The summed E-state index contributed by atoms with van der Waals surface area (Å²) in [6, 6.07) is 3.03. The number of nitrogens with zero attached hydrogens (tertiary/aromatic N) is 6. The van der Waals surface area contributed by atoms with Gasteiger partial charge in [0.15, 0.2) is 11.4 Å². The molecule has 0 saturated heterocycles. The number of hydrogen-bond acceptors (Lipinski definition) is 10. The van der Waals surface area contributed by atoms with Crippen LogP contribution in [0.15, 0.2) is 35.2 Å². The topological polar surface area (TPSA) is 174 Å². The molecule has 3 aromatic heterocycles. The number of unbranched alkanes of at least 4 members (excludes halogenated alkanes) is 3. The maximum atomic E-state index is 14.2. The van der Waals surface area contributed by atoms with Gasteiger partial charge in [-0.3, -0.25) is 19.2 Å². The van der Waals surface area contributed by atoms with E-state index in [2.05, 4.69) is 25.7 Å². The molecule has 2 aliphatic carbocycles. The van der Waals surface area contributed by atoms with Crippen LogP contribution in [0.3, 0.4) is 0 Å². The monoisotopic (exact) mass is 812 g/mol. The number of nitrogens with one attached hydrogen (secondary N) is 2. The normalized spacial score (nSPS) is 17.1. The summed E-state index contributed by atoms with van der Waals surface area (Å²) in [4.78, 5) is 63.2. The van der Waals surface area contributed by atoms with Gasteiger partial charge in [-0.2, -0.15) is 5.10 Å². The van der Waals surface area contributed by atoms with Crippen molar-refractivity contribution in [3.05, 3.63) is 42.2 Å². The average molecular weight is 813 g/mol. The molecule has 0 aliphatic heterocycles. The van der Waals surface area contributed by atoms with Crippen LogP contribution in [0, 0.1) is 11.8 Å². The van der Waals surface area contributed by atoms with Crippen LogP contribution in [0.2, 0.25) is 0 Å². The van der Waals surface area contributed by atoms with Gasteiger partial charge in [0.05, 0.1) is 11.7 Å². The molecular weight excluding hydrogens is 754 g/mol. The van der Waals surface area contributed by atoms with Crippen LogP contribution < -0.4 is 15.5 Å². The molecular formula is C41H58F2N8O7. The molecule has 17 heteroatoms. The Hall–Kier alpha value is -5.09. The molecule has 0 radical (unpaired) electrons. The fourth-order valence-corrected chi connectivity index (χ4v) is 6.72. The Labute approximate surface area is 338 Å². The number of pyridine rings is 1. The fourth-order valence-electron chi connectivity index (χ4n) is 6.72. The van der Waals surface area contributed by atoms with E-state index in [9.17, 15) is 28.0 Å². The summed E-state index contributed by atoms with van der Waals surface area (Å²) in [5, 5.41) is 9.44. The molecule has 2 fully saturated rings. The Morgan fingerprint density at radius 2 is 1.66 bits per heavy atom. The van der Waals surface area contributed by atoms with E-state index in [1.807, 2.05) is 20.8 Å². The molecule has 2 N–H and O–H groups in total.